The third-order valence-corrected chi connectivity index (χ3v) is 2.21. The topological polar surface area (TPSA) is 64.6 Å². The van der Waals surface area contributed by atoms with E-state index in [1.807, 2.05) is 13.8 Å². The lowest BCUT2D eigenvalue weighted by atomic mass is 10.2. The van der Waals surface area contributed by atoms with E-state index in [1.165, 1.54) is 0 Å². The second-order valence-corrected chi connectivity index (χ2v) is 4.21. The van der Waals surface area contributed by atoms with Gasteiger partial charge in [-0.3, -0.25) is 4.79 Å². The highest BCUT2D eigenvalue weighted by atomic mass is 16.5. The van der Waals surface area contributed by atoms with Crippen LogP contribution in [0.4, 0.5) is 5.69 Å². The van der Waals surface area contributed by atoms with Crippen LogP contribution in [0.5, 0.6) is 0 Å². The smallest absolute Gasteiger partial charge is 0.338 e. The number of ether oxygens (including phenoxy) is 2. The summed E-state index contributed by atoms with van der Waals surface area (Å²) in [4.78, 5) is 23.1. The summed E-state index contributed by atoms with van der Waals surface area (Å²) in [6, 6.07) is 6.60. The molecule has 0 bridgehead atoms. The highest BCUT2D eigenvalue weighted by Crippen LogP contribution is 2.11. The molecule has 1 aromatic rings. The molecule has 5 nitrogen and oxygen atoms in total. The largest absolute Gasteiger partial charge is 0.462 e. The Morgan fingerprint density at radius 2 is 2.05 bits per heavy atom. The zero-order valence-electron chi connectivity index (χ0n) is 11.4. The molecular formula is C14H19NO4. The van der Waals surface area contributed by atoms with Gasteiger partial charge in [0.1, 0.15) is 6.61 Å². The van der Waals surface area contributed by atoms with Crippen molar-refractivity contribution in [3.8, 4) is 0 Å². The quantitative estimate of drug-likeness (QED) is 0.801. The Kier molecular flexibility index (Phi) is 6.02. The van der Waals surface area contributed by atoms with E-state index in [9.17, 15) is 9.59 Å². The van der Waals surface area contributed by atoms with Crippen LogP contribution in [0.15, 0.2) is 24.3 Å². The van der Waals surface area contributed by atoms with Gasteiger partial charge in [-0.05, 0) is 39.0 Å². The van der Waals surface area contributed by atoms with Crippen LogP contribution in [0.3, 0.4) is 0 Å². The number of carbonyl (C=O) groups excluding carboxylic acids is 2. The molecule has 0 spiro atoms. The van der Waals surface area contributed by atoms with Crippen molar-refractivity contribution in [2.45, 2.75) is 26.9 Å². The van der Waals surface area contributed by atoms with E-state index in [-0.39, 0.29) is 18.6 Å². The predicted molar refractivity (Wildman–Crippen MR) is 72.1 cm³/mol. The van der Waals surface area contributed by atoms with E-state index in [2.05, 4.69) is 5.32 Å². The highest BCUT2D eigenvalue weighted by molar-refractivity contribution is 5.95. The summed E-state index contributed by atoms with van der Waals surface area (Å²) in [5.41, 5.74) is 0.951. The monoisotopic (exact) mass is 265 g/mol. The molecule has 0 aromatic heterocycles. The van der Waals surface area contributed by atoms with Crippen molar-refractivity contribution < 1.29 is 19.1 Å². The second-order valence-electron chi connectivity index (χ2n) is 4.21. The van der Waals surface area contributed by atoms with Crippen LogP contribution < -0.4 is 5.32 Å². The van der Waals surface area contributed by atoms with Crippen molar-refractivity contribution in [1.82, 2.24) is 0 Å². The molecule has 1 aromatic carbocycles. The number of rotatable bonds is 6. The standard InChI is InChI=1S/C14H19NO4/c1-4-18-14(17)11-6-5-7-12(8-11)15-13(16)9-19-10(2)3/h5-8,10H,4,9H2,1-3H3,(H,15,16). The molecule has 104 valence electrons. The van der Waals surface area contributed by atoms with Crippen molar-refractivity contribution in [1.29, 1.82) is 0 Å². The lowest BCUT2D eigenvalue weighted by molar-refractivity contribution is -0.121. The molecule has 0 heterocycles. The first-order valence-corrected chi connectivity index (χ1v) is 6.21. The van der Waals surface area contributed by atoms with E-state index >= 15 is 0 Å². The molecule has 0 aliphatic heterocycles. The molecule has 0 saturated heterocycles. The molecule has 0 saturated carbocycles. The molecule has 1 rings (SSSR count). The third kappa shape index (κ3) is 5.52. The first kappa shape index (κ1) is 15.2. The summed E-state index contributed by atoms with van der Waals surface area (Å²) >= 11 is 0. The van der Waals surface area contributed by atoms with E-state index in [1.54, 1.807) is 31.2 Å². The van der Waals surface area contributed by atoms with Crippen molar-refractivity contribution >= 4 is 17.6 Å². The van der Waals surface area contributed by atoms with Gasteiger partial charge in [-0.2, -0.15) is 0 Å². The summed E-state index contributed by atoms with van der Waals surface area (Å²) in [6.45, 7) is 5.76. The molecule has 19 heavy (non-hydrogen) atoms. The Morgan fingerprint density at radius 3 is 2.68 bits per heavy atom. The Labute approximate surface area is 112 Å². The number of amides is 1. The molecule has 0 aliphatic carbocycles. The molecule has 5 heteroatoms. The van der Waals surface area contributed by atoms with Gasteiger partial charge in [0, 0.05) is 5.69 Å². The molecule has 0 fully saturated rings. The summed E-state index contributed by atoms with van der Waals surface area (Å²) in [7, 11) is 0. The second kappa shape index (κ2) is 7.53. The minimum Gasteiger partial charge on any atom is -0.462 e. The predicted octanol–water partition coefficient (Wildman–Crippen LogP) is 2.23. The first-order chi connectivity index (χ1) is 9.02. The number of benzene rings is 1. The van der Waals surface area contributed by atoms with Crippen LogP contribution in [0, 0.1) is 0 Å². The summed E-state index contributed by atoms with van der Waals surface area (Å²) in [6.07, 6.45) is -0.00313. The van der Waals surface area contributed by atoms with Crippen molar-refractivity contribution in [3.05, 3.63) is 29.8 Å². The first-order valence-electron chi connectivity index (χ1n) is 6.21. The molecule has 0 atom stereocenters. The Balaban J connectivity index is 2.61. The maximum absolute atomic E-state index is 11.6. The number of hydrogen-bond acceptors (Lipinski definition) is 4. The van der Waals surface area contributed by atoms with Gasteiger partial charge in [-0.1, -0.05) is 6.07 Å². The zero-order chi connectivity index (χ0) is 14.3. The van der Waals surface area contributed by atoms with Gasteiger partial charge in [0.2, 0.25) is 5.91 Å². The number of hydrogen-bond donors (Lipinski definition) is 1. The maximum atomic E-state index is 11.6. The van der Waals surface area contributed by atoms with Crippen LogP contribution in [0.25, 0.3) is 0 Å². The summed E-state index contributed by atoms with van der Waals surface area (Å²) < 4.78 is 10.1. The van der Waals surface area contributed by atoms with Gasteiger partial charge in [0.15, 0.2) is 0 Å². The molecule has 0 aliphatic rings. The number of anilines is 1. The van der Waals surface area contributed by atoms with Gasteiger partial charge in [-0.15, -0.1) is 0 Å². The average Bonchev–Trinajstić information content (AvgIpc) is 2.37. The third-order valence-electron chi connectivity index (χ3n) is 2.21. The summed E-state index contributed by atoms with van der Waals surface area (Å²) in [5.74, 6) is -0.660. The Morgan fingerprint density at radius 1 is 1.32 bits per heavy atom. The lowest BCUT2D eigenvalue weighted by Crippen LogP contribution is -2.20. The number of carbonyl (C=O) groups is 2. The molecular weight excluding hydrogens is 246 g/mol. The van der Waals surface area contributed by atoms with Gasteiger partial charge in [0.05, 0.1) is 18.3 Å². The Hall–Kier alpha value is -1.88. The molecule has 1 amide bonds. The summed E-state index contributed by atoms with van der Waals surface area (Å²) in [5, 5.41) is 2.66. The van der Waals surface area contributed by atoms with E-state index in [0.29, 0.717) is 17.9 Å². The van der Waals surface area contributed by atoms with Gasteiger partial charge < -0.3 is 14.8 Å². The fourth-order valence-corrected chi connectivity index (χ4v) is 1.38. The highest BCUT2D eigenvalue weighted by Gasteiger charge is 2.08. The minimum atomic E-state index is -0.406. The normalized spacial score (nSPS) is 10.3. The number of esters is 1. The number of nitrogens with one attached hydrogen (secondary N) is 1. The maximum Gasteiger partial charge on any atom is 0.338 e. The van der Waals surface area contributed by atoms with Crippen LogP contribution >= 0.6 is 0 Å². The van der Waals surface area contributed by atoms with Crippen molar-refractivity contribution in [2.24, 2.45) is 0 Å². The van der Waals surface area contributed by atoms with Gasteiger partial charge in [-0.25, -0.2) is 4.79 Å². The van der Waals surface area contributed by atoms with E-state index < -0.39 is 5.97 Å². The van der Waals surface area contributed by atoms with Crippen molar-refractivity contribution in [3.63, 3.8) is 0 Å². The van der Waals surface area contributed by atoms with Crippen LogP contribution in [0.1, 0.15) is 31.1 Å². The van der Waals surface area contributed by atoms with E-state index in [4.69, 9.17) is 9.47 Å². The van der Waals surface area contributed by atoms with Crippen molar-refractivity contribution in [2.75, 3.05) is 18.5 Å². The molecule has 1 N–H and O–H groups in total. The average molecular weight is 265 g/mol. The van der Waals surface area contributed by atoms with E-state index in [0.717, 1.165) is 0 Å². The van der Waals surface area contributed by atoms with Gasteiger partial charge >= 0.3 is 5.97 Å². The van der Waals surface area contributed by atoms with Crippen LogP contribution in [-0.2, 0) is 14.3 Å². The minimum absolute atomic E-state index is 0.00313. The van der Waals surface area contributed by atoms with Gasteiger partial charge in [0.25, 0.3) is 0 Å². The Bertz CT molecular complexity index is 443. The SMILES string of the molecule is CCOC(=O)c1cccc(NC(=O)COC(C)C)c1. The fraction of sp³-hybridized carbons (Fsp3) is 0.429. The molecule has 0 radical (unpaired) electrons. The van der Waals surface area contributed by atoms with Crippen LogP contribution in [0.2, 0.25) is 0 Å². The zero-order valence-corrected chi connectivity index (χ0v) is 11.4. The fourth-order valence-electron chi connectivity index (χ4n) is 1.38. The molecule has 0 unspecified atom stereocenters. The van der Waals surface area contributed by atoms with Crippen LogP contribution in [-0.4, -0.2) is 31.2 Å². The lowest BCUT2D eigenvalue weighted by Gasteiger charge is -2.09.